The molecule has 3 heterocycles. The van der Waals surface area contributed by atoms with Gasteiger partial charge in [0.2, 0.25) is 0 Å². The Morgan fingerprint density at radius 2 is 1.90 bits per heavy atom. The van der Waals surface area contributed by atoms with Gasteiger partial charge in [-0.15, -0.1) is 11.3 Å². The van der Waals surface area contributed by atoms with Crippen LogP contribution < -0.4 is 11.3 Å². The van der Waals surface area contributed by atoms with Gasteiger partial charge in [-0.1, -0.05) is 19.3 Å². The van der Waals surface area contributed by atoms with Gasteiger partial charge in [0, 0.05) is 0 Å². The summed E-state index contributed by atoms with van der Waals surface area (Å²) in [6, 6.07) is 2.01. The Morgan fingerprint density at radius 1 is 1.15 bits per heavy atom. The van der Waals surface area contributed by atoms with Gasteiger partial charge in [-0.25, -0.2) is 15.8 Å². The Bertz CT molecular complexity index is 560. The summed E-state index contributed by atoms with van der Waals surface area (Å²) in [5.41, 5.74) is 2.69. The van der Waals surface area contributed by atoms with Crippen LogP contribution in [0.25, 0.3) is 10.2 Å². The second kappa shape index (κ2) is 6.47. The van der Waals surface area contributed by atoms with Crippen LogP contribution >= 0.6 is 11.3 Å². The fourth-order valence-electron chi connectivity index (χ4n) is 2.75. The molecule has 1 fully saturated rings. The van der Waals surface area contributed by atoms with Gasteiger partial charge in [-0.05, 0) is 37.4 Å². The van der Waals surface area contributed by atoms with Crippen molar-refractivity contribution in [2.24, 2.45) is 5.84 Å². The third-order valence-corrected chi connectivity index (χ3v) is 4.63. The third-order valence-electron chi connectivity index (χ3n) is 3.82. The summed E-state index contributed by atoms with van der Waals surface area (Å²) in [5, 5.41) is 3.04. The molecule has 108 valence electrons. The van der Waals surface area contributed by atoms with E-state index in [9.17, 15) is 0 Å². The number of nitrogen functional groups attached to an aromatic ring is 1. The van der Waals surface area contributed by atoms with Crippen LogP contribution in [-0.4, -0.2) is 28.0 Å². The van der Waals surface area contributed by atoms with Gasteiger partial charge in [0.25, 0.3) is 0 Å². The summed E-state index contributed by atoms with van der Waals surface area (Å²) in [6.07, 6.45) is 6.63. The molecule has 20 heavy (non-hydrogen) atoms. The van der Waals surface area contributed by atoms with Gasteiger partial charge in [0.15, 0.2) is 5.82 Å². The lowest BCUT2D eigenvalue weighted by molar-refractivity contribution is 0.235. The maximum Gasteiger partial charge on any atom is 0.152 e. The fraction of sp³-hybridized carbons (Fsp3) is 0.571. The molecule has 3 rings (SSSR count). The van der Waals surface area contributed by atoms with Crippen LogP contribution in [0, 0.1) is 0 Å². The first kappa shape index (κ1) is 13.7. The highest BCUT2D eigenvalue weighted by Gasteiger charge is 2.13. The predicted molar refractivity (Wildman–Crippen MR) is 83.6 cm³/mol. The summed E-state index contributed by atoms with van der Waals surface area (Å²) < 4.78 is 0. The lowest BCUT2D eigenvalue weighted by atomic mass is 10.1. The first-order valence-corrected chi connectivity index (χ1v) is 8.18. The molecule has 0 bridgehead atoms. The van der Waals surface area contributed by atoms with E-state index in [4.69, 9.17) is 5.84 Å². The largest absolute Gasteiger partial charge is 0.308 e. The fourth-order valence-corrected chi connectivity index (χ4v) is 3.53. The van der Waals surface area contributed by atoms with E-state index in [0.29, 0.717) is 0 Å². The molecule has 0 spiro atoms. The number of fused-ring (bicyclic) bond motifs is 1. The van der Waals surface area contributed by atoms with Crippen molar-refractivity contribution < 1.29 is 0 Å². The molecule has 0 saturated carbocycles. The highest BCUT2D eigenvalue weighted by molar-refractivity contribution is 7.16. The monoisotopic (exact) mass is 291 g/mol. The van der Waals surface area contributed by atoms with Gasteiger partial charge in [0.05, 0.1) is 11.9 Å². The van der Waals surface area contributed by atoms with Gasteiger partial charge in [-0.2, -0.15) is 0 Å². The third kappa shape index (κ3) is 3.08. The minimum Gasteiger partial charge on any atom is -0.308 e. The SMILES string of the molecule is NNc1nc(CN2CCCCCCC2)nc2sccc12. The number of aromatic nitrogens is 2. The van der Waals surface area contributed by atoms with Crippen LogP contribution in [0.1, 0.15) is 37.9 Å². The van der Waals surface area contributed by atoms with Gasteiger partial charge in [0.1, 0.15) is 10.7 Å². The average molecular weight is 291 g/mol. The molecule has 1 aliphatic rings. The molecule has 2 aromatic heterocycles. The maximum atomic E-state index is 5.57. The van der Waals surface area contributed by atoms with E-state index in [1.54, 1.807) is 11.3 Å². The molecule has 5 nitrogen and oxygen atoms in total. The van der Waals surface area contributed by atoms with Crippen molar-refractivity contribution >= 4 is 27.4 Å². The zero-order chi connectivity index (χ0) is 13.8. The molecule has 0 aliphatic carbocycles. The van der Waals surface area contributed by atoms with E-state index in [2.05, 4.69) is 20.3 Å². The Labute approximate surface area is 123 Å². The zero-order valence-electron chi connectivity index (χ0n) is 11.6. The standard InChI is InChI=1S/C14H21N5S/c15-18-13-11-6-9-20-14(11)17-12(16-13)10-19-7-4-2-1-3-5-8-19/h6,9H,1-5,7-8,10,15H2,(H,16,17,18). The first-order chi connectivity index (χ1) is 9.86. The molecular formula is C14H21N5S. The highest BCUT2D eigenvalue weighted by atomic mass is 32.1. The lowest BCUT2D eigenvalue weighted by Gasteiger charge is -2.23. The minimum atomic E-state index is 0.735. The van der Waals surface area contributed by atoms with Crippen LogP contribution in [0.5, 0.6) is 0 Å². The molecule has 0 unspecified atom stereocenters. The van der Waals surface area contributed by atoms with Crippen LogP contribution in [-0.2, 0) is 6.54 Å². The Hall–Kier alpha value is -1.24. The van der Waals surface area contributed by atoms with E-state index < -0.39 is 0 Å². The number of rotatable bonds is 3. The van der Waals surface area contributed by atoms with E-state index in [1.807, 2.05) is 11.4 Å². The Morgan fingerprint density at radius 3 is 2.65 bits per heavy atom. The second-order valence-electron chi connectivity index (χ2n) is 5.32. The second-order valence-corrected chi connectivity index (χ2v) is 6.21. The van der Waals surface area contributed by atoms with E-state index >= 15 is 0 Å². The molecule has 2 aromatic rings. The van der Waals surface area contributed by atoms with E-state index in [0.717, 1.165) is 41.5 Å². The van der Waals surface area contributed by atoms with Crippen molar-refractivity contribution in [3.63, 3.8) is 0 Å². The summed E-state index contributed by atoms with van der Waals surface area (Å²) >= 11 is 1.64. The van der Waals surface area contributed by atoms with E-state index in [1.165, 1.54) is 32.1 Å². The van der Waals surface area contributed by atoms with Gasteiger partial charge >= 0.3 is 0 Å². The average Bonchev–Trinajstić information content (AvgIpc) is 2.89. The van der Waals surface area contributed by atoms with Crippen LogP contribution in [0.15, 0.2) is 11.4 Å². The number of likely N-dealkylation sites (tertiary alicyclic amines) is 1. The molecule has 1 aliphatic heterocycles. The molecule has 0 atom stereocenters. The maximum absolute atomic E-state index is 5.57. The van der Waals surface area contributed by atoms with Crippen LogP contribution in [0.3, 0.4) is 0 Å². The van der Waals surface area contributed by atoms with Gasteiger partial charge in [-0.3, -0.25) is 4.90 Å². The lowest BCUT2D eigenvalue weighted by Crippen LogP contribution is -2.28. The number of nitrogens with one attached hydrogen (secondary N) is 1. The van der Waals surface area contributed by atoms with Crippen molar-refractivity contribution in [1.82, 2.24) is 14.9 Å². The summed E-state index contributed by atoms with van der Waals surface area (Å²) in [4.78, 5) is 12.7. The van der Waals surface area contributed by atoms with Crippen molar-refractivity contribution in [2.45, 2.75) is 38.6 Å². The van der Waals surface area contributed by atoms with E-state index in [-0.39, 0.29) is 0 Å². The van der Waals surface area contributed by atoms with Crippen molar-refractivity contribution in [2.75, 3.05) is 18.5 Å². The normalized spacial score (nSPS) is 17.9. The highest BCUT2D eigenvalue weighted by Crippen LogP contribution is 2.25. The molecule has 1 saturated heterocycles. The quantitative estimate of drug-likeness (QED) is 0.672. The number of thiophene rings is 1. The zero-order valence-corrected chi connectivity index (χ0v) is 12.5. The number of hydrogen-bond donors (Lipinski definition) is 2. The molecule has 0 radical (unpaired) electrons. The number of hydrazine groups is 1. The minimum absolute atomic E-state index is 0.735. The molecular weight excluding hydrogens is 270 g/mol. The smallest absolute Gasteiger partial charge is 0.152 e. The topological polar surface area (TPSA) is 67.1 Å². The van der Waals surface area contributed by atoms with Crippen molar-refractivity contribution in [3.05, 3.63) is 17.3 Å². The number of anilines is 1. The molecule has 3 N–H and O–H groups in total. The predicted octanol–water partition coefficient (Wildman–Crippen LogP) is 2.74. The number of nitrogens with zero attached hydrogens (tertiary/aromatic N) is 3. The van der Waals surface area contributed by atoms with Crippen LogP contribution in [0.2, 0.25) is 0 Å². The Kier molecular flexibility index (Phi) is 4.44. The molecule has 0 amide bonds. The van der Waals surface area contributed by atoms with Crippen molar-refractivity contribution in [1.29, 1.82) is 0 Å². The Balaban J connectivity index is 1.78. The molecule has 6 heteroatoms. The summed E-state index contributed by atoms with van der Waals surface area (Å²) in [7, 11) is 0. The summed E-state index contributed by atoms with van der Waals surface area (Å²) in [6.45, 7) is 3.12. The van der Waals surface area contributed by atoms with Gasteiger partial charge < -0.3 is 5.43 Å². The number of hydrogen-bond acceptors (Lipinski definition) is 6. The molecule has 0 aromatic carbocycles. The summed E-state index contributed by atoms with van der Waals surface area (Å²) in [5.74, 6) is 7.18. The van der Waals surface area contributed by atoms with Crippen LogP contribution in [0.4, 0.5) is 5.82 Å². The first-order valence-electron chi connectivity index (χ1n) is 7.30. The van der Waals surface area contributed by atoms with Crippen molar-refractivity contribution in [3.8, 4) is 0 Å². The number of nitrogens with two attached hydrogens (primary N) is 1.